The fourth-order valence-corrected chi connectivity index (χ4v) is 5.39. The van der Waals surface area contributed by atoms with Gasteiger partial charge in [0, 0.05) is 12.2 Å². The smallest absolute Gasteiger partial charge is 0.240 e. The van der Waals surface area contributed by atoms with Crippen molar-refractivity contribution < 1.29 is 16.8 Å². The Morgan fingerprint density at radius 3 is 2.60 bits per heavy atom. The number of sulfonamides is 1. The van der Waals surface area contributed by atoms with Crippen molar-refractivity contribution in [2.45, 2.75) is 18.2 Å². The van der Waals surface area contributed by atoms with E-state index in [0.29, 0.717) is 12.1 Å². The monoisotopic (exact) mass is 318 g/mol. The number of rotatable bonds is 4. The number of hydrogen-bond acceptors (Lipinski definition) is 5. The highest BCUT2D eigenvalue weighted by atomic mass is 32.2. The first-order valence-electron chi connectivity index (χ1n) is 6.25. The summed E-state index contributed by atoms with van der Waals surface area (Å²) in [5.41, 5.74) is 6.78. The molecule has 0 radical (unpaired) electrons. The molecule has 1 unspecified atom stereocenters. The summed E-state index contributed by atoms with van der Waals surface area (Å²) in [5.74, 6) is 0.0272. The van der Waals surface area contributed by atoms with E-state index in [1.807, 2.05) is 0 Å². The highest BCUT2D eigenvalue weighted by molar-refractivity contribution is 7.91. The molecule has 1 fully saturated rings. The van der Waals surface area contributed by atoms with Crippen molar-refractivity contribution in [2.24, 2.45) is 5.92 Å². The van der Waals surface area contributed by atoms with Gasteiger partial charge in [0.15, 0.2) is 9.84 Å². The predicted molar refractivity (Wildman–Crippen MR) is 77.5 cm³/mol. The lowest BCUT2D eigenvalue weighted by Crippen LogP contribution is -2.30. The average Bonchev–Trinajstić information content (AvgIpc) is 2.65. The van der Waals surface area contributed by atoms with Crippen LogP contribution in [0.15, 0.2) is 23.1 Å². The van der Waals surface area contributed by atoms with Gasteiger partial charge >= 0.3 is 0 Å². The molecule has 0 aliphatic carbocycles. The first-order valence-corrected chi connectivity index (χ1v) is 9.56. The molecule has 8 heteroatoms. The first kappa shape index (κ1) is 15.3. The number of benzene rings is 1. The molecule has 0 saturated carbocycles. The minimum atomic E-state index is -3.65. The normalized spacial score (nSPS) is 21.9. The highest BCUT2D eigenvalue weighted by Gasteiger charge is 2.29. The molecule has 0 spiro atoms. The van der Waals surface area contributed by atoms with E-state index in [4.69, 9.17) is 5.73 Å². The van der Waals surface area contributed by atoms with E-state index in [9.17, 15) is 16.8 Å². The number of nitrogens with two attached hydrogens (primary N) is 1. The Labute approximate surface area is 119 Å². The summed E-state index contributed by atoms with van der Waals surface area (Å²) >= 11 is 0. The number of anilines is 1. The van der Waals surface area contributed by atoms with Crippen LogP contribution in [0.5, 0.6) is 0 Å². The van der Waals surface area contributed by atoms with Crippen LogP contribution in [0.4, 0.5) is 5.69 Å². The molecule has 1 aromatic rings. The third-order valence-corrected chi connectivity index (χ3v) is 6.51. The molecule has 1 aliphatic heterocycles. The van der Waals surface area contributed by atoms with Crippen molar-refractivity contribution in [1.29, 1.82) is 0 Å². The van der Waals surface area contributed by atoms with Gasteiger partial charge in [-0.05, 0) is 43.0 Å². The van der Waals surface area contributed by atoms with E-state index in [2.05, 4.69) is 4.72 Å². The third-order valence-electron chi connectivity index (χ3n) is 3.27. The SMILES string of the molecule is Cc1cc(N)cc(S(=O)(=O)NCC2CCS(=O)(=O)C2)c1. The Bertz CT molecular complexity index is 691. The van der Waals surface area contributed by atoms with Crippen LogP contribution in [0.2, 0.25) is 0 Å². The van der Waals surface area contributed by atoms with E-state index in [0.717, 1.165) is 5.56 Å². The van der Waals surface area contributed by atoms with Crippen LogP contribution < -0.4 is 10.5 Å². The van der Waals surface area contributed by atoms with Crippen molar-refractivity contribution in [3.8, 4) is 0 Å². The lowest BCUT2D eigenvalue weighted by Gasteiger charge is -2.11. The third kappa shape index (κ3) is 3.71. The Balaban J connectivity index is 2.08. The van der Waals surface area contributed by atoms with Gasteiger partial charge in [0.2, 0.25) is 10.0 Å². The molecule has 1 heterocycles. The molecule has 0 aromatic heterocycles. The molecule has 2 rings (SSSR count). The summed E-state index contributed by atoms with van der Waals surface area (Å²) in [6.07, 6.45) is 0.501. The van der Waals surface area contributed by atoms with E-state index in [-0.39, 0.29) is 28.9 Å². The zero-order valence-electron chi connectivity index (χ0n) is 11.2. The maximum Gasteiger partial charge on any atom is 0.240 e. The quantitative estimate of drug-likeness (QED) is 0.776. The minimum Gasteiger partial charge on any atom is -0.399 e. The number of nitrogens with one attached hydrogen (secondary N) is 1. The van der Waals surface area contributed by atoms with Gasteiger partial charge in [0.1, 0.15) is 0 Å². The second-order valence-corrected chi connectivity index (χ2v) is 9.20. The average molecular weight is 318 g/mol. The maximum atomic E-state index is 12.1. The summed E-state index contributed by atoms with van der Waals surface area (Å²) in [7, 11) is -6.65. The standard InChI is InChI=1S/C12H18N2O4S2/c1-9-4-11(13)6-12(5-9)20(17,18)14-7-10-2-3-19(15,16)8-10/h4-6,10,14H,2-3,7-8,13H2,1H3. The molecule has 6 nitrogen and oxygen atoms in total. The Kier molecular flexibility index (Phi) is 4.08. The fraction of sp³-hybridized carbons (Fsp3) is 0.500. The molecule has 0 bridgehead atoms. The summed E-state index contributed by atoms with van der Waals surface area (Å²) in [4.78, 5) is 0.107. The second kappa shape index (κ2) is 5.34. The van der Waals surface area contributed by atoms with Gasteiger partial charge in [-0.25, -0.2) is 21.6 Å². The van der Waals surface area contributed by atoms with Gasteiger partial charge in [-0.15, -0.1) is 0 Å². The van der Waals surface area contributed by atoms with E-state index in [1.54, 1.807) is 13.0 Å². The largest absolute Gasteiger partial charge is 0.399 e. The van der Waals surface area contributed by atoms with Gasteiger partial charge in [0.05, 0.1) is 16.4 Å². The van der Waals surface area contributed by atoms with Crippen LogP contribution in [0.1, 0.15) is 12.0 Å². The second-order valence-electron chi connectivity index (χ2n) is 5.20. The Hall–Kier alpha value is -1.12. The number of nitrogen functional groups attached to an aromatic ring is 1. The van der Waals surface area contributed by atoms with Crippen LogP contribution >= 0.6 is 0 Å². The zero-order chi connectivity index (χ0) is 15.0. The van der Waals surface area contributed by atoms with Crippen LogP contribution in [0.3, 0.4) is 0 Å². The van der Waals surface area contributed by atoms with Gasteiger partial charge in [-0.1, -0.05) is 0 Å². The predicted octanol–water partition coefficient (Wildman–Crippen LogP) is 0.290. The summed E-state index contributed by atoms with van der Waals surface area (Å²) in [5, 5.41) is 0. The molecule has 0 amide bonds. The number of sulfone groups is 1. The van der Waals surface area contributed by atoms with E-state index < -0.39 is 19.9 Å². The van der Waals surface area contributed by atoms with Crippen molar-refractivity contribution in [2.75, 3.05) is 23.8 Å². The molecule has 1 saturated heterocycles. The zero-order valence-corrected chi connectivity index (χ0v) is 12.8. The molecule has 3 N–H and O–H groups in total. The van der Waals surface area contributed by atoms with Crippen LogP contribution in [-0.4, -0.2) is 34.9 Å². The lowest BCUT2D eigenvalue weighted by molar-refractivity contribution is 0.543. The molecule has 1 aromatic carbocycles. The van der Waals surface area contributed by atoms with Gasteiger partial charge in [-0.3, -0.25) is 0 Å². The van der Waals surface area contributed by atoms with Crippen LogP contribution in [-0.2, 0) is 19.9 Å². The molecule has 1 atom stereocenters. The summed E-state index contributed by atoms with van der Waals surface area (Å²) in [6.45, 7) is 1.90. The fourth-order valence-electron chi connectivity index (χ4n) is 2.28. The first-order chi connectivity index (χ1) is 9.18. The van der Waals surface area contributed by atoms with E-state index >= 15 is 0 Å². The van der Waals surface area contributed by atoms with Gasteiger partial charge in [0.25, 0.3) is 0 Å². The number of hydrogen-bond donors (Lipinski definition) is 2. The van der Waals surface area contributed by atoms with Crippen molar-refractivity contribution >= 4 is 25.5 Å². The van der Waals surface area contributed by atoms with Gasteiger partial charge in [-0.2, -0.15) is 0 Å². The van der Waals surface area contributed by atoms with Crippen molar-refractivity contribution in [3.63, 3.8) is 0 Å². The number of aryl methyl sites for hydroxylation is 1. The van der Waals surface area contributed by atoms with Crippen LogP contribution in [0.25, 0.3) is 0 Å². The maximum absolute atomic E-state index is 12.1. The summed E-state index contributed by atoms with van der Waals surface area (Å²) in [6, 6.07) is 4.60. The minimum absolute atomic E-state index is 0.0471. The Morgan fingerprint density at radius 1 is 1.35 bits per heavy atom. The lowest BCUT2D eigenvalue weighted by atomic mass is 10.1. The highest BCUT2D eigenvalue weighted by Crippen LogP contribution is 2.20. The van der Waals surface area contributed by atoms with E-state index in [1.165, 1.54) is 12.1 Å². The van der Waals surface area contributed by atoms with Crippen molar-refractivity contribution in [1.82, 2.24) is 4.72 Å². The topological polar surface area (TPSA) is 106 Å². The van der Waals surface area contributed by atoms with Crippen molar-refractivity contribution in [3.05, 3.63) is 23.8 Å². The summed E-state index contributed by atoms with van der Waals surface area (Å²) < 4.78 is 49.4. The molecular formula is C12H18N2O4S2. The molecular weight excluding hydrogens is 300 g/mol. The Morgan fingerprint density at radius 2 is 2.05 bits per heavy atom. The molecule has 112 valence electrons. The van der Waals surface area contributed by atoms with Gasteiger partial charge < -0.3 is 5.73 Å². The molecule has 1 aliphatic rings. The molecule has 20 heavy (non-hydrogen) atoms. The van der Waals surface area contributed by atoms with Crippen LogP contribution in [0, 0.1) is 12.8 Å².